The molecule has 0 unspecified atom stereocenters. The molecule has 4 nitrogen and oxygen atoms in total. The number of hydrogen-bond donors (Lipinski definition) is 1. The van der Waals surface area contributed by atoms with Gasteiger partial charge in [-0.15, -0.1) is 11.8 Å². The van der Waals surface area contributed by atoms with Gasteiger partial charge in [-0.05, 0) is 37.0 Å². The first-order valence-corrected chi connectivity index (χ1v) is 8.44. The van der Waals surface area contributed by atoms with Crippen molar-refractivity contribution in [2.45, 2.75) is 56.4 Å². The molecule has 0 spiro atoms. The SMILES string of the molecule is CC(C)(C)Sc1cc(CN=C(N)N2CCCCC2)ccn1. The van der Waals surface area contributed by atoms with Gasteiger partial charge in [-0.3, -0.25) is 0 Å². The minimum atomic E-state index is 0.168. The molecule has 2 heterocycles. The molecule has 116 valence electrons. The van der Waals surface area contributed by atoms with Gasteiger partial charge in [0.2, 0.25) is 0 Å². The lowest BCUT2D eigenvalue weighted by Crippen LogP contribution is -2.40. The normalized spacial score (nSPS) is 17.1. The fourth-order valence-corrected chi connectivity index (χ4v) is 3.26. The Labute approximate surface area is 132 Å². The van der Waals surface area contributed by atoms with Crippen molar-refractivity contribution in [3.05, 3.63) is 23.9 Å². The summed E-state index contributed by atoms with van der Waals surface area (Å²) in [6.07, 6.45) is 5.60. The van der Waals surface area contributed by atoms with E-state index in [1.807, 2.05) is 12.3 Å². The molecule has 1 aliphatic rings. The molecule has 1 aliphatic heterocycles. The number of pyridine rings is 1. The summed E-state index contributed by atoms with van der Waals surface area (Å²) in [5.74, 6) is 0.677. The lowest BCUT2D eigenvalue weighted by Gasteiger charge is -2.27. The molecule has 21 heavy (non-hydrogen) atoms. The maximum absolute atomic E-state index is 6.09. The fourth-order valence-electron chi connectivity index (χ4n) is 2.31. The summed E-state index contributed by atoms with van der Waals surface area (Å²) in [5.41, 5.74) is 7.25. The molecular weight excluding hydrogens is 280 g/mol. The van der Waals surface area contributed by atoms with Crippen molar-refractivity contribution in [3.63, 3.8) is 0 Å². The number of nitrogens with two attached hydrogens (primary N) is 1. The summed E-state index contributed by atoms with van der Waals surface area (Å²) in [6, 6.07) is 4.13. The topological polar surface area (TPSA) is 54.5 Å². The Kier molecular flexibility index (Phi) is 5.51. The van der Waals surface area contributed by atoms with Crippen LogP contribution in [0.25, 0.3) is 0 Å². The van der Waals surface area contributed by atoms with Crippen LogP contribution in [0.5, 0.6) is 0 Å². The highest BCUT2D eigenvalue weighted by Gasteiger charge is 2.14. The van der Waals surface area contributed by atoms with E-state index in [2.05, 4.69) is 41.7 Å². The Hall–Kier alpha value is -1.23. The zero-order chi connectivity index (χ0) is 15.3. The summed E-state index contributed by atoms with van der Waals surface area (Å²) < 4.78 is 0.168. The van der Waals surface area contributed by atoms with Crippen LogP contribution in [0.2, 0.25) is 0 Å². The van der Waals surface area contributed by atoms with Crippen LogP contribution in [0.3, 0.4) is 0 Å². The van der Waals surface area contributed by atoms with Crippen LogP contribution < -0.4 is 5.73 Å². The highest BCUT2D eigenvalue weighted by atomic mass is 32.2. The van der Waals surface area contributed by atoms with Crippen LogP contribution in [0.15, 0.2) is 28.3 Å². The Balaban J connectivity index is 1.97. The molecule has 0 amide bonds. The Morgan fingerprint density at radius 3 is 2.71 bits per heavy atom. The third-order valence-electron chi connectivity index (χ3n) is 3.31. The van der Waals surface area contributed by atoms with Crippen molar-refractivity contribution < 1.29 is 0 Å². The maximum Gasteiger partial charge on any atom is 0.191 e. The largest absolute Gasteiger partial charge is 0.370 e. The number of thioether (sulfide) groups is 1. The average molecular weight is 306 g/mol. The number of likely N-dealkylation sites (tertiary alicyclic amines) is 1. The van der Waals surface area contributed by atoms with E-state index in [1.165, 1.54) is 19.3 Å². The minimum absolute atomic E-state index is 0.168. The van der Waals surface area contributed by atoms with E-state index in [0.717, 1.165) is 23.7 Å². The van der Waals surface area contributed by atoms with E-state index in [-0.39, 0.29) is 4.75 Å². The molecular formula is C16H26N4S. The average Bonchev–Trinajstić information content (AvgIpc) is 2.44. The Morgan fingerprint density at radius 2 is 2.05 bits per heavy atom. The van der Waals surface area contributed by atoms with Gasteiger partial charge in [-0.25, -0.2) is 9.98 Å². The molecule has 0 radical (unpaired) electrons. The summed E-state index contributed by atoms with van der Waals surface area (Å²) >= 11 is 1.78. The van der Waals surface area contributed by atoms with E-state index >= 15 is 0 Å². The molecule has 0 aromatic carbocycles. The fraction of sp³-hybridized carbons (Fsp3) is 0.625. The van der Waals surface area contributed by atoms with E-state index in [9.17, 15) is 0 Å². The molecule has 2 rings (SSSR count). The third-order valence-corrected chi connectivity index (χ3v) is 4.36. The van der Waals surface area contributed by atoms with Gasteiger partial charge in [0.15, 0.2) is 5.96 Å². The third kappa shape index (κ3) is 5.58. The molecule has 1 aromatic heterocycles. The first kappa shape index (κ1) is 16.1. The molecule has 0 atom stereocenters. The van der Waals surface area contributed by atoms with Crippen molar-refractivity contribution >= 4 is 17.7 Å². The van der Waals surface area contributed by atoms with Gasteiger partial charge in [0.1, 0.15) is 0 Å². The Morgan fingerprint density at radius 1 is 1.33 bits per heavy atom. The molecule has 0 aliphatic carbocycles. The smallest absolute Gasteiger partial charge is 0.191 e. The van der Waals surface area contributed by atoms with E-state index < -0.39 is 0 Å². The van der Waals surface area contributed by atoms with Crippen molar-refractivity contribution in [2.75, 3.05) is 13.1 Å². The van der Waals surface area contributed by atoms with Crippen molar-refractivity contribution in [1.82, 2.24) is 9.88 Å². The predicted octanol–water partition coefficient (Wildman–Crippen LogP) is 3.27. The zero-order valence-electron chi connectivity index (χ0n) is 13.3. The van der Waals surface area contributed by atoms with Gasteiger partial charge in [0, 0.05) is 24.0 Å². The quantitative estimate of drug-likeness (QED) is 0.529. The standard InChI is InChI=1S/C16H26N4S/c1-16(2,3)21-14-11-13(7-8-18-14)12-19-15(17)20-9-5-4-6-10-20/h7-8,11H,4-6,9-10,12H2,1-3H3,(H2,17,19). The van der Waals surface area contributed by atoms with Crippen molar-refractivity contribution in [2.24, 2.45) is 10.7 Å². The predicted molar refractivity (Wildman–Crippen MR) is 90.6 cm³/mol. The van der Waals surface area contributed by atoms with Gasteiger partial charge in [-0.1, -0.05) is 20.8 Å². The second kappa shape index (κ2) is 7.16. The second-order valence-corrected chi connectivity index (χ2v) is 8.29. The summed E-state index contributed by atoms with van der Waals surface area (Å²) in [6.45, 7) is 9.28. The van der Waals surface area contributed by atoms with Crippen molar-refractivity contribution in [1.29, 1.82) is 0 Å². The van der Waals surface area contributed by atoms with Crippen LogP contribution in [-0.2, 0) is 6.54 Å². The first-order chi connectivity index (χ1) is 9.94. The summed E-state index contributed by atoms with van der Waals surface area (Å²) in [7, 11) is 0. The van der Waals surface area contributed by atoms with Crippen LogP contribution in [-0.4, -0.2) is 33.7 Å². The molecule has 5 heteroatoms. The van der Waals surface area contributed by atoms with Gasteiger partial charge >= 0.3 is 0 Å². The molecule has 1 saturated heterocycles. The number of aromatic nitrogens is 1. The van der Waals surface area contributed by atoms with E-state index in [1.54, 1.807) is 11.8 Å². The van der Waals surface area contributed by atoms with Gasteiger partial charge in [0.25, 0.3) is 0 Å². The lowest BCUT2D eigenvalue weighted by atomic mass is 10.1. The van der Waals surface area contributed by atoms with Crippen LogP contribution >= 0.6 is 11.8 Å². The number of hydrogen-bond acceptors (Lipinski definition) is 3. The van der Waals surface area contributed by atoms with Crippen molar-refractivity contribution in [3.8, 4) is 0 Å². The summed E-state index contributed by atoms with van der Waals surface area (Å²) in [5, 5.41) is 1.05. The molecule has 1 aromatic rings. The Bertz CT molecular complexity index is 487. The van der Waals surface area contributed by atoms with Gasteiger partial charge in [-0.2, -0.15) is 0 Å². The minimum Gasteiger partial charge on any atom is -0.370 e. The van der Waals surface area contributed by atoms with Gasteiger partial charge < -0.3 is 10.6 Å². The highest BCUT2D eigenvalue weighted by molar-refractivity contribution is 8.00. The summed E-state index contributed by atoms with van der Waals surface area (Å²) in [4.78, 5) is 11.1. The van der Waals surface area contributed by atoms with Crippen LogP contribution in [0, 0.1) is 0 Å². The van der Waals surface area contributed by atoms with Gasteiger partial charge in [0.05, 0.1) is 11.6 Å². The second-order valence-electron chi connectivity index (χ2n) is 6.44. The van der Waals surface area contributed by atoms with E-state index in [0.29, 0.717) is 12.5 Å². The number of piperidine rings is 1. The molecule has 2 N–H and O–H groups in total. The maximum atomic E-state index is 6.09. The monoisotopic (exact) mass is 306 g/mol. The van der Waals surface area contributed by atoms with Crippen LogP contribution in [0.1, 0.15) is 45.6 Å². The number of nitrogens with zero attached hydrogens (tertiary/aromatic N) is 3. The molecule has 0 saturated carbocycles. The van der Waals surface area contributed by atoms with Crippen LogP contribution in [0.4, 0.5) is 0 Å². The highest BCUT2D eigenvalue weighted by Crippen LogP contribution is 2.30. The number of rotatable bonds is 3. The lowest BCUT2D eigenvalue weighted by molar-refractivity contribution is 0.338. The molecule has 1 fully saturated rings. The number of aliphatic imine (C=N–C) groups is 1. The molecule has 0 bridgehead atoms. The van der Waals surface area contributed by atoms with E-state index in [4.69, 9.17) is 5.73 Å². The number of guanidine groups is 1. The first-order valence-electron chi connectivity index (χ1n) is 7.63. The zero-order valence-corrected chi connectivity index (χ0v) is 14.1.